The maximum atomic E-state index is 10.8. The molecular weight excluding hydrogens is 242 g/mol. The minimum absolute atomic E-state index is 0.209. The molecule has 0 saturated carbocycles. The van der Waals surface area contributed by atoms with Gasteiger partial charge in [-0.1, -0.05) is 11.6 Å². The fraction of sp³-hybridized carbons (Fsp3) is 0.714. The van der Waals surface area contributed by atoms with E-state index in [1.165, 1.54) is 0 Å². The summed E-state index contributed by atoms with van der Waals surface area (Å²) in [5.41, 5.74) is 0. The van der Waals surface area contributed by atoms with Crippen molar-refractivity contribution in [3.8, 4) is 0 Å². The molecule has 1 aromatic rings. The van der Waals surface area contributed by atoms with E-state index in [0.29, 0.717) is 16.7 Å². The second-order valence-electron chi connectivity index (χ2n) is 3.02. The lowest BCUT2D eigenvalue weighted by atomic mass is 10.2. The third kappa shape index (κ3) is 3.89. The van der Waals surface area contributed by atoms with Crippen LogP contribution in [0.15, 0.2) is 0 Å². The Morgan fingerprint density at radius 2 is 2.36 bits per heavy atom. The second kappa shape index (κ2) is 5.63. The van der Waals surface area contributed by atoms with Gasteiger partial charge in [-0.3, -0.25) is 4.21 Å². The third-order valence-electron chi connectivity index (χ3n) is 1.67. The number of rotatable bonds is 5. The normalized spacial score (nSPS) is 15.1. The van der Waals surface area contributed by atoms with E-state index in [1.807, 2.05) is 6.92 Å². The second-order valence-corrected chi connectivity index (χ2v) is 5.46. The van der Waals surface area contributed by atoms with Crippen molar-refractivity contribution in [1.29, 1.82) is 0 Å². The number of aromatic nitrogens is 2. The van der Waals surface area contributed by atoms with Gasteiger partial charge in [-0.15, -0.1) is 0 Å². The van der Waals surface area contributed by atoms with Gasteiger partial charge < -0.3 is 5.32 Å². The van der Waals surface area contributed by atoms with Crippen LogP contribution in [0.3, 0.4) is 0 Å². The predicted octanol–water partition coefficient (Wildman–Crippen LogP) is 1.76. The highest BCUT2D eigenvalue weighted by atomic mass is 35.5. The summed E-state index contributed by atoms with van der Waals surface area (Å²) in [4.78, 5) is 0. The number of halogens is 1. The largest absolute Gasteiger partial charge is 0.364 e. The smallest absolute Gasteiger partial charge is 0.186 e. The van der Waals surface area contributed by atoms with Crippen molar-refractivity contribution in [2.24, 2.45) is 0 Å². The molecule has 1 heterocycles. The van der Waals surface area contributed by atoms with Crippen LogP contribution < -0.4 is 5.32 Å². The SMILES string of the molecule is CC(CCS(C)=O)Nc1nsnc1Cl. The van der Waals surface area contributed by atoms with Crippen LogP contribution in [0.4, 0.5) is 5.82 Å². The van der Waals surface area contributed by atoms with Gasteiger partial charge in [0, 0.05) is 28.9 Å². The van der Waals surface area contributed by atoms with Gasteiger partial charge in [-0.05, 0) is 13.3 Å². The van der Waals surface area contributed by atoms with Gasteiger partial charge in [-0.2, -0.15) is 8.75 Å². The Labute approximate surface area is 94.8 Å². The third-order valence-corrected chi connectivity index (χ3v) is 3.37. The minimum atomic E-state index is -0.746. The number of anilines is 1. The van der Waals surface area contributed by atoms with Crippen LogP contribution >= 0.6 is 23.3 Å². The molecular formula is C7H12ClN3OS2. The van der Waals surface area contributed by atoms with Crippen molar-refractivity contribution in [2.45, 2.75) is 19.4 Å². The Morgan fingerprint density at radius 3 is 2.86 bits per heavy atom. The summed E-state index contributed by atoms with van der Waals surface area (Å²) in [6, 6.07) is 0.209. The molecule has 2 unspecified atom stereocenters. The van der Waals surface area contributed by atoms with E-state index >= 15 is 0 Å². The van der Waals surface area contributed by atoms with Crippen LogP contribution in [0.2, 0.25) is 5.15 Å². The average molecular weight is 254 g/mol. The van der Waals surface area contributed by atoms with E-state index in [0.717, 1.165) is 18.1 Å². The molecule has 7 heteroatoms. The number of nitrogens with one attached hydrogen (secondary N) is 1. The molecule has 1 aromatic heterocycles. The van der Waals surface area contributed by atoms with Crippen LogP contribution in [0, 0.1) is 0 Å². The van der Waals surface area contributed by atoms with E-state index in [2.05, 4.69) is 14.1 Å². The van der Waals surface area contributed by atoms with Crippen molar-refractivity contribution in [3.05, 3.63) is 5.15 Å². The molecule has 0 aromatic carbocycles. The summed E-state index contributed by atoms with van der Waals surface area (Å²) in [6.07, 6.45) is 2.53. The number of hydrogen-bond acceptors (Lipinski definition) is 5. The molecule has 0 spiro atoms. The first-order valence-electron chi connectivity index (χ1n) is 4.14. The molecule has 4 nitrogen and oxygen atoms in total. The lowest BCUT2D eigenvalue weighted by Crippen LogP contribution is -2.18. The van der Waals surface area contributed by atoms with E-state index in [1.54, 1.807) is 6.26 Å². The molecule has 2 atom stereocenters. The zero-order chi connectivity index (χ0) is 10.6. The van der Waals surface area contributed by atoms with Crippen LogP contribution in [0.5, 0.6) is 0 Å². The molecule has 0 aliphatic rings. The first-order chi connectivity index (χ1) is 6.59. The van der Waals surface area contributed by atoms with Crippen LogP contribution in [-0.4, -0.2) is 31.0 Å². The molecule has 0 bridgehead atoms. The zero-order valence-electron chi connectivity index (χ0n) is 7.99. The average Bonchev–Trinajstić information content (AvgIpc) is 2.49. The lowest BCUT2D eigenvalue weighted by molar-refractivity contribution is 0.678. The molecule has 0 radical (unpaired) electrons. The van der Waals surface area contributed by atoms with Gasteiger partial charge in [0.1, 0.15) is 0 Å². The topological polar surface area (TPSA) is 54.9 Å². The highest BCUT2D eigenvalue weighted by Gasteiger charge is 2.09. The highest BCUT2D eigenvalue weighted by Crippen LogP contribution is 2.19. The first kappa shape index (κ1) is 11.9. The van der Waals surface area contributed by atoms with E-state index < -0.39 is 10.8 Å². The minimum Gasteiger partial charge on any atom is -0.364 e. The summed E-state index contributed by atoms with van der Waals surface area (Å²) in [5.74, 6) is 1.30. The van der Waals surface area contributed by atoms with Crippen molar-refractivity contribution in [3.63, 3.8) is 0 Å². The number of nitrogens with zero attached hydrogens (tertiary/aromatic N) is 2. The van der Waals surface area contributed by atoms with Gasteiger partial charge in [0.05, 0.1) is 11.7 Å². The van der Waals surface area contributed by atoms with E-state index in [9.17, 15) is 4.21 Å². The predicted molar refractivity (Wildman–Crippen MR) is 61.6 cm³/mol. The van der Waals surface area contributed by atoms with Crippen molar-refractivity contribution in [1.82, 2.24) is 8.75 Å². The monoisotopic (exact) mass is 253 g/mol. The molecule has 0 saturated heterocycles. The Hall–Kier alpha value is -0.200. The standard InChI is InChI=1S/C7H12ClN3OS2/c1-5(3-4-14(2)12)9-7-6(8)10-13-11-7/h5H,3-4H2,1-2H3,(H,9,11). The fourth-order valence-electron chi connectivity index (χ4n) is 0.912. The van der Waals surface area contributed by atoms with Gasteiger partial charge in [0.15, 0.2) is 11.0 Å². The van der Waals surface area contributed by atoms with E-state index in [-0.39, 0.29) is 6.04 Å². The summed E-state index contributed by atoms with van der Waals surface area (Å²) in [7, 11) is -0.746. The van der Waals surface area contributed by atoms with Gasteiger partial charge in [0.25, 0.3) is 0 Å². The van der Waals surface area contributed by atoms with E-state index in [4.69, 9.17) is 11.6 Å². The molecule has 80 valence electrons. The summed E-state index contributed by atoms with van der Waals surface area (Å²) in [5, 5.41) is 3.52. The maximum absolute atomic E-state index is 10.8. The molecule has 0 fully saturated rings. The van der Waals surface area contributed by atoms with Crippen molar-refractivity contribution < 1.29 is 4.21 Å². The molecule has 1 N–H and O–H groups in total. The van der Waals surface area contributed by atoms with Crippen molar-refractivity contribution in [2.75, 3.05) is 17.3 Å². The lowest BCUT2D eigenvalue weighted by Gasteiger charge is -2.11. The summed E-state index contributed by atoms with van der Waals surface area (Å²) < 4.78 is 18.7. The van der Waals surface area contributed by atoms with Crippen LogP contribution in [0.25, 0.3) is 0 Å². The summed E-state index contributed by atoms with van der Waals surface area (Å²) in [6.45, 7) is 2.00. The van der Waals surface area contributed by atoms with Crippen molar-refractivity contribution >= 4 is 39.9 Å². The zero-order valence-corrected chi connectivity index (χ0v) is 10.4. The Morgan fingerprint density at radius 1 is 1.64 bits per heavy atom. The van der Waals surface area contributed by atoms with Crippen LogP contribution in [-0.2, 0) is 10.8 Å². The van der Waals surface area contributed by atoms with Gasteiger partial charge >= 0.3 is 0 Å². The highest BCUT2D eigenvalue weighted by molar-refractivity contribution is 7.84. The Balaban J connectivity index is 2.37. The summed E-state index contributed by atoms with van der Waals surface area (Å²) >= 11 is 6.84. The molecule has 0 aliphatic heterocycles. The quantitative estimate of drug-likeness (QED) is 0.869. The molecule has 0 aliphatic carbocycles. The fourth-order valence-corrected chi connectivity index (χ4v) is 2.26. The Kier molecular flexibility index (Phi) is 4.77. The van der Waals surface area contributed by atoms with Gasteiger partial charge in [0.2, 0.25) is 0 Å². The van der Waals surface area contributed by atoms with Crippen LogP contribution in [0.1, 0.15) is 13.3 Å². The molecule has 1 rings (SSSR count). The first-order valence-corrected chi connectivity index (χ1v) is 6.97. The number of hydrogen-bond donors (Lipinski definition) is 1. The maximum Gasteiger partial charge on any atom is 0.186 e. The van der Waals surface area contributed by atoms with Gasteiger partial charge in [-0.25, -0.2) is 0 Å². The molecule has 0 amide bonds. The molecule has 14 heavy (non-hydrogen) atoms. The Bertz CT molecular complexity index is 318.